The number of aromatic amines is 1. The zero-order valence-corrected chi connectivity index (χ0v) is 7.01. The van der Waals surface area contributed by atoms with E-state index >= 15 is 0 Å². The molecule has 0 aliphatic rings. The van der Waals surface area contributed by atoms with Crippen molar-refractivity contribution >= 4 is 17.5 Å². The van der Waals surface area contributed by atoms with Crippen molar-refractivity contribution in [1.82, 2.24) is 19.9 Å². The molecule has 0 radical (unpaired) electrons. The first kappa shape index (κ1) is 9.60. The van der Waals surface area contributed by atoms with Crippen LogP contribution in [-0.2, 0) is 0 Å². The number of rotatable bonds is 1. The smallest absolute Gasteiger partial charge is 0.194 e. The number of imidazole rings is 1. The third kappa shape index (κ3) is 2.01. The number of fused-ring (bicyclic) bond motifs is 1. The van der Waals surface area contributed by atoms with Crippen LogP contribution in [0.5, 0.6) is 0 Å². The molecule has 7 heteroatoms. The summed E-state index contributed by atoms with van der Waals surface area (Å²) in [4.78, 5) is 24.5. The summed E-state index contributed by atoms with van der Waals surface area (Å²) in [5, 5.41) is 7.10. The van der Waals surface area contributed by atoms with E-state index in [-0.39, 0.29) is 5.82 Å². The molecule has 2 aromatic rings. The number of nitrogens with one attached hydrogen (secondary N) is 1. The molecule has 70 valence electrons. The van der Waals surface area contributed by atoms with Crippen LogP contribution in [0.4, 0.5) is 0 Å². The van der Waals surface area contributed by atoms with Crippen LogP contribution in [0.1, 0.15) is 10.6 Å². The highest BCUT2D eigenvalue weighted by molar-refractivity contribution is 5.75. The van der Waals surface area contributed by atoms with Gasteiger partial charge in [0, 0.05) is 0 Å². The largest absolute Gasteiger partial charge is 0.342 e. The van der Waals surface area contributed by atoms with E-state index in [0.717, 1.165) is 5.52 Å². The Labute approximate surface area is 78.6 Å². The van der Waals surface area contributed by atoms with Gasteiger partial charge in [-0.3, -0.25) is 4.79 Å². The fourth-order valence-electron chi connectivity index (χ4n) is 0.806. The zero-order chi connectivity index (χ0) is 10.4. The second kappa shape index (κ2) is 4.51. The molecule has 2 heterocycles. The van der Waals surface area contributed by atoms with Gasteiger partial charge < -0.3 is 10.7 Å². The Balaban J connectivity index is 0.000000293. The van der Waals surface area contributed by atoms with Crippen LogP contribution < -0.4 is 5.73 Å². The number of hydrogen-bond donors (Lipinski definition) is 2. The van der Waals surface area contributed by atoms with Gasteiger partial charge in [-0.05, 0) is 0 Å². The van der Waals surface area contributed by atoms with Crippen LogP contribution in [0.15, 0.2) is 12.5 Å². The summed E-state index contributed by atoms with van der Waals surface area (Å²) in [7, 11) is 0. The predicted octanol–water partition coefficient (Wildman–Crippen LogP) is -0.408. The standard InChI is InChI=1S/C6H4N4O.CH2N2/c11-2-5-7-1-4-6(10-5)9-3-8-4;2-1-3/h1-3H,(H,7,8,9,10);2H2. The van der Waals surface area contributed by atoms with Gasteiger partial charge in [-0.1, -0.05) is 0 Å². The third-order valence-corrected chi connectivity index (χ3v) is 1.30. The Hall–Kier alpha value is -2.49. The van der Waals surface area contributed by atoms with Crippen molar-refractivity contribution in [3.63, 3.8) is 0 Å². The number of carbonyl (C=O) groups excluding carboxylic acids is 1. The molecule has 0 unspecified atom stereocenters. The molecule has 0 aliphatic carbocycles. The van der Waals surface area contributed by atoms with Gasteiger partial charge in [-0.15, -0.1) is 0 Å². The minimum atomic E-state index is 0.157. The summed E-state index contributed by atoms with van der Waals surface area (Å²) in [5.41, 5.74) is 5.40. The highest BCUT2D eigenvalue weighted by Crippen LogP contribution is 2.01. The van der Waals surface area contributed by atoms with Crippen molar-refractivity contribution in [3.8, 4) is 6.19 Å². The lowest BCUT2D eigenvalue weighted by atomic mass is 10.5. The van der Waals surface area contributed by atoms with E-state index in [9.17, 15) is 4.79 Å². The van der Waals surface area contributed by atoms with E-state index in [1.54, 1.807) is 0 Å². The Bertz CT molecular complexity index is 470. The molecule has 0 bridgehead atoms. The lowest BCUT2D eigenvalue weighted by Gasteiger charge is -1.86. The summed E-state index contributed by atoms with van der Waals surface area (Å²) in [5.74, 6) is 0.157. The normalized spacial score (nSPS) is 8.50. The minimum Gasteiger partial charge on any atom is -0.342 e. The van der Waals surface area contributed by atoms with Crippen LogP contribution in [0.3, 0.4) is 0 Å². The molecule has 0 atom stereocenters. The number of nitrogens with two attached hydrogens (primary N) is 1. The van der Waals surface area contributed by atoms with Crippen molar-refractivity contribution in [3.05, 3.63) is 18.3 Å². The average molecular weight is 190 g/mol. The summed E-state index contributed by atoms with van der Waals surface area (Å²) >= 11 is 0. The Morgan fingerprint density at radius 1 is 1.57 bits per heavy atom. The number of aromatic nitrogens is 4. The first-order valence-corrected chi connectivity index (χ1v) is 3.52. The number of nitrogens with zero attached hydrogens (tertiary/aromatic N) is 4. The molecule has 3 N–H and O–H groups in total. The quantitative estimate of drug-likeness (QED) is 0.358. The van der Waals surface area contributed by atoms with Crippen molar-refractivity contribution in [1.29, 1.82) is 5.26 Å². The summed E-state index contributed by atoms with van der Waals surface area (Å²) < 4.78 is 0. The molecule has 0 fully saturated rings. The van der Waals surface area contributed by atoms with Crippen LogP contribution in [0.2, 0.25) is 0 Å². The molecular weight excluding hydrogens is 184 g/mol. The van der Waals surface area contributed by atoms with Gasteiger partial charge in [0.25, 0.3) is 0 Å². The number of aldehydes is 1. The fraction of sp³-hybridized carbons (Fsp3) is 0. The fourth-order valence-corrected chi connectivity index (χ4v) is 0.806. The molecule has 0 spiro atoms. The number of carbonyl (C=O) groups is 1. The summed E-state index contributed by atoms with van der Waals surface area (Å²) in [6.45, 7) is 0. The molecule has 0 aromatic carbocycles. The topological polar surface area (TPSA) is 121 Å². The van der Waals surface area contributed by atoms with E-state index in [1.165, 1.54) is 18.7 Å². The summed E-state index contributed by atoms with van der Waals surface area (Å²) in [6.07, 6.45) is 4.88. The van der Waals surface area contributed by atoms with Crippen LogP contribution in [-0.4, -0.2) is 26.2 Å². The van der Waals surface area contributed by atoms with Crippen molar-refractivity contribution in [2.75, 3.05) is 0 Å². The number of hydrogen-bond acceptors (Lipinski definition) is 6. The molecule has 14 heavy (non-hydrogen) atoms. The van der Waals surface area contributed by atoms with Gasteiger partial charge >= 0.3 is 0 Å². The molecule has 7 nitrogen and oxygen atoms in total. The van der Waals surface area contributed by atoms with Crippen molar-refractivity contribution in [2.45, 2.75) is 0 Å². The van der Waals surface area contributed by atoms with E-state index in [4.69, 9.17) is 5.26 Å². The van der Waals surface area contributed by atoms with E-state index in [0.29, 0.717) is 11.9 Å². The first-order valence-electron chi connectivity index (χ1n) is 3.52. The van der Waals surface area contributed by atoms with E-state index in [2.05, 4.69) is 25.7 Å². The lowest BCUT2D eigenvalue weighted by molar-refractivity contribution is 0.111. The maximum absolute atomic E-state index is 10.2. The monoisotopic (exact) mass is 190 g/mol. The first-order chi connectivity index (χ1) is 6.81. The Morgan fingerprint density at radius 3 is 2.93 bits per heavy atom. The zero-order valence-electron chi connectivity index (χ0n) is 7.01. The van der Waals surface area contributed by atoms with E-state index < -0.39 is 0 Å². The molecule has 0 saturated carbocycles. The van der Waals surface area contributed by atoms with Crippen LogP contribution in [0, 0.1) is 11.5 Å². The highest BCUT2D eigenvalue weighted by Gasteiger charge is 1.98. The SMILES string of the molecule is N#CN.O=Cc1ncc2[nH]cnc2n1. The number of nitriles is 1. The highest BCUT2D eigenvalue weighted by atomic mass is 16.1. The maximum Gasteiger partial charge on any atom is 0.194 e. The molecule has 0 amide bonds. The van der Waals surface area contributed by atoms with Crippen LogP contribution >= 0.6 is 0 Å². The maximum atomic E-state index is 10.2. The third-order valence-electron chi connectivity index (χ3n) is 1.30. The summed E-state index contributed by atoms with van der Waals surface area (Å²) in [6, 6.07) is 0. The van der Waals surface area contributed by atoms with Gasteiger partial charge in [0.05, 0.1) is 12.5 Å². The number of H-pyrrole nitrogens is 1. The van der Waals surface area contributed by atoms with E-state index in [1.807, 2.05) is 0 Å². The molecular formula is C7H6N6O. The predicted molar refractivity (Wildman–Crippen MR) is 46.9 cm³/mol. The van der Waals surface area contributed by atoms with Crippen molar-refractivity contribution < 1.29 is 4.79 Å². The lowest BCUT2D eigenvalue weighted by Crippen LogP contribution is -1.91. The van der Waals surface area contributed by atoms with Gasteiger partial charge in [0.1, 0.15) is 5.52 Å². The Kier molecular flexibility index (Phi) is 3.09. The molecule has 0 saturated heterocycles. The Morgan fingerprint density at radius 2 is 2.29 bits per heavy atom. The van der Waals surface area contributed by atoms with Gasteiger partial charge in [0.15, 0.2) is 24.0 Å². The minimum absolute atomic E-state index is 0.157. The molecule has 2 rings (SSSR count). The van der Waals surface area contributed by atoms with Gasteiger partial charge in [0.2, 0.25) is 0 Å². The second-order valence-electron chi connectivity index (χ2n) is 2.11. The second-order valence-corrected chi connectivity index (χ2v) is 2.11. The average Bonchev–Trinajstić information content (AvgIpc) is 2.65. The van der Waals surface area contributed by atoms with Gasteiger partial charge in [-0.2, -0.15) is 5.26 Å². The van der Waals surface area contributed by atoms with Gasteiger partial charge in [-0.25, -0.2) is 15.0 Å². The van der Waals surface area contributed by atoms with Crippen molar-refractivity contribution in [2.24, 2.45) is 5.73 Å². The molecule has 0 aliphatic heterocycles. The molecule has 2 aromatic heterocycles. The van der Waals surface area contributed by atoms with Crippen LogP contribution in [0.25, 0.3) is 11.2 Å².